The normalized spacial score (nSPS) is 13.6. The molecule has 0 heterocycles. The number of hydrogen-bond donors (Lipinski definition) is 0. The number of carbonyl (C=O) groups excluding carboxylic acids is 6. The van der Waals surface area contributed by atoms with Gasteiger partial charge in [-0.15, -0.1) is 0 Å². The van der Waals surface area contributed by atoms with E-state index in [0.29, 0.717) is 36.5 Å². The van der Waals surface area contributed by atoms with Crippen LogP contribution in [0.5, 0.6) is 17.2 Å². The molecule has 0 saturated heterocycles. The highest BCUT2D eigenvalue weighted by Crippen LogP contribution is 2.38. The van der Waals surface area contributed by atoms with Crippen molar-refractivity contribution in [3.63, 3.8) is 0 Å². The first-order chi connectivity index (χ1) is 37.3. The largest absolute Gasteiger partial charge is 0.514 e. The van der Waals surface area contributed by atoms with Gasteiger partial charge in [0.2, 0.25) is 0 Å². The fourth-order valence-electron chi connectivity index (χ4n) is 9.07. The Kier molecular flexibility index (Phi) is 24.3. The van der Waals surface area contributed by atoms with Crippen molar-refractivity contribution in [3.05, 3.63) is 86.5 Å². The van der Waals surface area contributed by atoms with E-state index in [2.05, 4.69) is 0 Å². The van der Waals surface area contributed by atoms with Gasteiger partial charge in [0.15, 0.2) is 0 Å². The highest BCUT2D eigenvalue weighted by molar-refractivity contribution is 5.72. The molecule has 3 unspecified atom stereocenters. The summed E-state index contributed by atoms with van der Waals surface area (Å²) in [5, 5.41) is 0. The fraction of sp³-hybridized carbons (Fsp3) is 0.636. The Balaban J connectivity index is 1.81. The predicted molar refractivity (Wildman–Crippen MR) is 318 cm³/mol. The lowest BCUT2D eigenvalue weighted by molar-refractivity contribution is -0.151. The van der Waals surface area contributed by atoms with Gasteiger partial charge in [0.05, 0.1) is 0 Å². The van der Waals surface area contributed by atoms with E-state index in [-0.39, 0.29) is 38.9 Å². The van der Waals surface area contributed by atoms with Gasteiger partial charge >= 0.3 is 36.4 Å². The Morgan fingerprint density at radius 1 is 0.378 bits per heavy atom. The minimum Gasteiger partial charge on any atom is -0.461 e. The van der Waals surface area contributed by atoms with Crippen LogP contribution in [0.4, 0.5) is 14.4 Å². The molecule has 16 nitrogen and oxygen atoms in total. The maximum Gasteiger partial charge on any atom is 0.514 e. The van der Waals surface area contributed by atoms with Crippen LogP contribution in [0.15, 0.2) is 36.4 Å². The predicted octanol–water partition coefficient (Wildman–Crippen LogP) is 14.7. The van der Waals surface area contributed by atoms with Gasteiger partial charge in [-0.05, 0) is 191 Å². The molecule has 0 aromatic heterocycles. The van der Waals surface area contributed by atoms with E-state index >= 15 is 0 Å². The summed E-state index contributed by atoms with van der Waals surface area (Å²) in [5.74, 6) is -0.0645. The fourth-order valence-corrected chi connectivity index (χ4v) is 9.07. The third kappa shape index (κ3) is 24.7. The zero-order valence-electron chi connectivity index (χ0n) is 54.1. The van der Waals surface area contributed by atoms with Gasteiger partial charge in [-0.3, -0.25) is 19.3 Å². The van der Waals surface area contributed by atoms with Crippen molar-refractivity contribution in [1.29, 1.82) is 0 Å². The third-order valence-corrected chi connectivity index (χ3v) is 12.8. The second-order valence-electron chi connectivity index (χ2n) is 27.9. The molecule has 82 heavy (non-hydrogen) atoms. The molecule has 0 aliphatic heterocycles. The molecular formula is C66H99NO15. The number of carbonyl (C=O) groups is 6. The zero-order valence-corrected chi connectivity index (χ0v) is 54.1. The van der Waals surface area contributed by atoms with Gasteiger partial charge in [-0.25, -0.2) is 14.4 Å². The van der Waals surface area contributed by atoms with Crippen LogP contribution in [-0.2, 0) is 78.3 Å². The molecule has 0 spiro atoms. The summed E-state index contributed by atoms with van der Waals surface area (Å²) in [6.07, 6.45) is -2.87. The molecule has 0 bridgehead atoms. The second kappa shape index (κ2) is 28.4. The Bertz CT molecular complexity index is 2420. The monoisotopic (exact) mass is 1150 g/mol. The van der Waals surface area contributed by atoms with Crippen molar-refractivity contribution in [2.75, 3.05) is 19.6 Å². The van der Waals surface area contributed by atoms with Crippen LogP contribution in [0.2, 0.25) is 0 Å². The average molecular weight is 1150 g/mol. The maximum atomic E-state index is 13.6. The van der Waals surface area contributed by atoms with Gasteiger partial charge in [0.25, 0.3) is 0 Å². The summed E-state index contributed by atoms with van der Waals surface area (Å²) >= 11 is 0. The molecule has 0 radical (unpaired) electrons. The molecule has 3 rings (SSSR count). The van der Waals surface area contributed by atoms with Crippen LogP contribution >= 0.6 is 0 Å². The van der Waals surface area contributed by atoms with Crippen LogP contribution < -0.4 is 14.2 Å². The minimum atomic E-state index is -0.798. The Hall–Kier alpha value is -6.16. The number of nitrogens with zero attached hydrogens (tertiary/aromatic N) is 1. The second-order valence-corrected chi connectivity index (χ2v) is 27.9. The molecule has 16 heteroatoms. The number of benzene rings is 3. The van der Waals surface area contributed by atoms with Crippen molar-refractivity contribution in [3.8, 4) is 17.2 Å². The molecule has 3 aromatic carbocycles. The lowest BCUT2D eigenvalue weighted by Crippen LogP contribution is -2.43. The number of rotatable bonds is 21. The standard InChI is InChI=1S/C66H99NO15/c1-40-31-52(77-58(71)80-64(16,17)18)49(61(7,8)9)34-46(40)25-28-55(68)74-43(4)37-67(38-44(5)75-56(69)29-26-47-35-50(62(10,11)12)53(32-41(47)2)78-59(72)81-65(19,20)21)39-45(6)76-57(70)30-27-48-36-51(63(13,14)15)54(33-42(48)3)79-60(73)82-66(22,23)24/h31-36,43-45H,25-30,37-39H2,1-24H3. The summed E-state index contributed by atoms with van der Waals surface area (Å²) in [5.41, 5.74) is 4.20. The highest BCUT2D eigenvalue weighted by atomic mass is 16.7. The van der Waals surface area contributed by atoms with Crippen molar-refractivity contribution >= 4 is 36.4 Å². The van der Waals surface area contributed by atoms with E-state index in [1.54, 1.807) is 101 Å². The number of ether oxygens (including phenoxy) is 9. The average Bonchev–Trinajstić information content (AvgIpc) is 3.24. The molecular weight excluding hydrogens is 1050 g/mol. The minimum absolute atomic E-state index is 0.0789. The van der Waals surface area contributed by atoms with Gasteiger partial charge in [0, 0.05) is 55.6 Å². The molecule has 0 N–H and O–H groups in total. The summed E-state index contributed by atoms with van der Waals surface area (Å²) in [7, 11) is 0. The van der Waals surface area contributed by atoms with E-state index in [4.69, 9.17) is 42.6 Å². The van der Waals surface area contributed by atoms with Crippen LogP contribution in [-0.4, -0.2) is 96.0 Å². The summed E-state index contributed by atoms with van der Waals surface area (Å²) in [6.45, 7) is 45.9. The lowest BCUT2D eigenvalue weighted by Gasteiger charge is -2.30. The van der Waals surface area contributed by atoms with Gasteiger partial charge in [0.1, 0.15) is 52.4 Å². The number of hydrogen-bond acceptors (Lipinski definition) is 16. The summed E-state index contributed by atoms with van der Waals surface area (Å²) in [4.78, 5) is 80.7. The van der Waals surface area contributed by atoms with E-state index < -0.39 is 87.7 Å². The van der Waals surface area contributed by atoms with Crippen molar-refractivity contribution < 1.29 is 71.4 Å². The van der Waals surface area contributed by atoms with Crippen LogP contribution in [0, 0.1) is 20.8 Å². The van der Waals surface area contributed by atoms with E-state index in [1.807, 2.05) is 106 Å². The van der Waals surface area contributed by atoms with Crippen LogP contribution in [0.25, 0.3) is 0 Å². The smallest absolute Gasteiger partial charge is 0.461 e. The van der Waals surface area contributed by atoms with Gasteiger partial charge < -0.3 is 42.6 Å². The maximum absolute atomic E-state index is 13.6. The highest BCUT2D eigenvalue weighted by Gasteiger charge is 2.30. The van der Waals surface area contributed by atoms with Crippen LogP contribution in [0.1, 0.15) is 215 Å². The number of aryl methyl sites for hydroxylation is 6. The van der Waals surface area contributed by atoms with E-state index in [1.165, 1.54) is 0 Å². The molecule has 0 saturated carbocycles. The number of esters is 3. The van der Waals surface area contributed by atoms with Gasteiger partial charge in [-0.1, -0.05) is 80.5 Å². The van der Waals surface area contributed by atoms with Gasteiger partial charge in [-0.2, -0.15) is 0 Å². The van der Waals surface area contributed by atoms with E-state index in [0.717, 1.165) is 50.1 Å². The Labute approximate surface area is 490 Å². The molecule has 0 fully saturated rings. The topological polar surface area (TPSA) is 189 Å². The first kappa shape index (κ1) is 70.1. The van der Waals surface area contributed by atoms with Crippen LogP contribution in [0.3, 0.4) is 0 Å². The first-order valence-corrected chi connectivity index (χ1v) is 28.7. The Morgan fingerprint density at radius 2 is 0.598 bits per heavy atom. The van der Waals surface area contributed by atoms with E-state index in [9.17, 15) is 28.8 Å². The quantitative estimate of drug-likeness (QED) is 0.0556. The lowest BCUT2D eigenvalue weighted by atomic mass is 9.84. The molecule has 0 amide bonds. The van der Waals surface area contributed by atoms with Crippen molar-refractivity contribution in [2.45, 2.75) is 256 Å². The molecule has 0 aliphatic rings. The first-order valence-electron chi connectivity index (χ1n) is 28.7. The molecule has 3 aromatic rings. The Morgan fingerprint density at radius 3 is 0.793 bits per heavy atom. The van der Waals surface area contributed by atoms with Crippen molar-refractivity contribution in [1.82, 2.24) is 4.90 Å². The molecule has 3 atom stereocenters. The SMILES string of the molecule is Cc1cc(OC(=O)OC(C)(C)C)c(C(C)(C)C)cc1CCC(=O)OC(C)CN(CC(C)OC(=O)CCc1cc(C(C)(C)C)c(OC(=O)OC(C)(C)C)cc1C)CC(C)OC(=O)CCc1cc(C(C)(C)C)c(OC(=O)OC(C)(C)C)cc1C. The van der Waals surface area contributed by atoms with Crippen molar-refractivity contribution in [2.24, 2.45) is 0 Å². The summed E-state index contributed by atoms with van der Waals surface area (Å²) < 4.78 is 51.4. The zero-order chi connectivity index (χ0) is 62.7. The molecule has 458 valence electrons. The summed E-state index contributed by atoms with van der Waals surface area (Å²) in [6, 6.07) is 11.3. The molecule has 0 aliphatic carbocycles. The third-order valence-electron chi connectivity index (χ3n) is 12.8.